The minimum absolute atomic E-state index is 0.232. The zero-order valence-electron chi connectivity index (χ0n) is 16.1. The van der Waals surface area contributed by atoms with Gasteiger partial charge in [0.05, 0.1) is 21.8 Å². The molecule has 0 bridgehead atoms. The van der Waals surface area contributed by atoms with Crippen LogP contribution in [0.2, 0.25) is 15.1 Å². The van der Waals surface area contributed by atoms with Gasteiger partial charge in [-0.1, -0.05) is 53.0 Å². The Morgan fingerprint density at radius 1 is 0.969 bits per heavy atom. The summed E-state index contributed by atoms with van der Waals surface area (Å²) < 4.78 is 6.35. The minimum atomic E-state index is -0.523. The van der Waals surface area contributed by atoms with Gasteiger partial charge in [-0.05, 0) is 54.1 Å². The van der Waals surface area contributed by atoms with E-state index >= 15 is 0 Å². The number of hydrazone groups is 1. The molecule has 1 N–H and O–H groups in total. The lowest BCUT2D eigenvalue weighted by Crippen LogP contribution is -2.18. The Morgan fingerprint density at radius 2 is 1.72 bits per heavy atom. The molecule has 4 rings (SSSR count). The van der Waals surface area contributed by atoms with E-state index in [4.69, 9.17) is 39.5 Å². The maximum Gasteiger partial charge on any atom is 0.355 e. The third-order valence-electron chi connectivity index (χ3n) is 4.37. The normalized spacial score (nSPS) is 11.1. The van der Waals surface area contributed by atoms with Crippen molar-refractivity contribution in [2.45, 2.75) is 0 Å². The zero-order valence-corrected chi connectivity index (χ0v) is 19.2. The molecule has 0 aliphatic carbocycles. The van der Waals surface area contributed by atoms with Gasteiger partial charge in [-0.2, -0.15) is 5.10 Å². The van der Waals surface area contributed by atoms with E-state index in [1.165, 1.54) is 29.7 Å². The molecule has 0 saturated carbocycles. The van der Waals surface area contributed by atoms with Crippen LogP contribution in [-0.4, -0.2) is 18.1 Å². The van der Waals surface area contributed by atoms with Crippen molar-refractivity contribution < 1.29 is 14.3 Å². The molecule has 1 amide bonds. The van der Waals surface area contributed by atoms with Gasteiger partial charge in [-0.3, -0.25) is 4.79 Å². The Hall–Kier alpha value is -2.90. The summed E-state index contributed by atoms with van der Waals surface area (Å²) in [7, 11) is 0. The highest BCUT2D eigenvalue weighted by Crippen LogP contribution is 2.35. The predicted octanol–water partition coefficient (Wildman–Crippen LogP) is 6.84. The number of nitrogens with zero attached hydrogens (tertiary/aromatic N) is 1. The fourth-order valence-electron chi connectivity index (χ4n) is 2.82. The van der Waals surface area contributed by atoms with Crippen molar-refractivity contribution in [1.29, 1.82) is 0 Å². The van der Waals surface area contributed by atoms with Crippen LogP contribution in [0.25, 0.3) is 10.1 Å². The molecule has 0 radical (unpaired) electrons. The van der Waals surface area contributed by atoms with Crippen molar-refractivity contribution in [2.24, 2.45) is 5.10 Å². The Bertz CT molecular complexity index is 1350. The summed E-state index contributed by atoms with van der Waals surface area (Å²) in [6.07, 6.45) is 1.45. The first-order chi connectivity index (χ1) is 15.4. The van der Waals surface area contributed by atoms with E-state index < -0.39 is 11.9 Å². The SMILES string of the molecule is O=C(N/N=C\c1ccc(OC(=O)c2sc3ccccc3c2Cl)cc1)c1ccc(Cl)cc1Cl. The minimum Gasteiger partial charge on any atom is -0.422 e. The van der Waals surface area contributed by atoms with Crippen molar-refractivity contribution in [1.82, 2.24) is 5.43 Å². The van der Waals surface area contributed by atoms with E-state index in [0.29, 0.717) is 26.2 Å². The smallest absolute Gasteiger partial charge is 0.355 e. The molecule has 0 atom stereocenters. The van der Waals surface area contributed by atoms with Crippen LogP contribution in [0.5, 0.6) is 5.75 Å². The Labute approximate surface area is 202 Å². The number of benzene rings is 3. The lowest BCUT2D eigenvalue weighted by molar-refractivity contribution is 0.0739. The molecule has 0 spiro atoms. The van der Waals surface area contributed by atoms with Gasteiger partial charge < -0.3 is 4.74 Å². The second kappa shape index (κ2) is 9.71. The third-order valence-corrected chi connectivity index (χ3v) is 6.57. The highest BCUT2D eigenvalue weighted by atomic mass is 35.5. The second-order valence-corrected chi connectivity index (χ2v) is 8.80. The molecule has 0 fully saturated rings. The molecule has 0 aliphatic heterocycles. The molecule has 0 unspecified atom stereocenters. The molecule has 160 valence electrons. The number of carbonyl (C=O) groups is 2. The Balaban J connectivity index is 1.39. The molecule has 9 heteroatoms. The van der Waals surface area contributed by atoms with Gasteiger partial charge in [0, 0.05) is 15.1 Å². The van der Waals surface area contributed by atoms with Crippen LogP contribution < -0.4 is 10.2 Å². The molecular formula is C23H13Cl3N2O3S. The van der Waals surface area contributed by atoms with E-state index in [-0.39, 0.29) is 10.6 Å². The van der Waals surface area contributed by atoms with E-state index in [1.807, 2.05) is 24.3 Å². The standard InChI is InChI=1S/C23H13Cl3N2O3S/c24-14-7-10-16(18(25)11-14)22(29)28-27-12-13-5-8-15(9-6-13)31-23(30)21-20(26)17-3-1-2-4-19(17)32-21/h1-12H,(H,28,29)/b27-12-. The van der Waals surface area contributed by atoms with Crippen molar-refractivity contribution in [3.05, 3.63) is 97.8 Å². The number of esters is 1. The third kappa shape index (κ3) is 4.95. The van der Waals surface area contributed by atoms with Crippen molar-refractivity contribution in [3.63, 3.8) is 0 Å². The first-order valence-corrected chi connectivity index (χ1v) is 11.1. The first-order valence-electron chi connectivity index (χ1n) is 9.20. The Morgan fingerprint density at radius 3 is 2.44 bits per heavy atom. The van der Waals surface area contributed by atoms with Crippen LogP contribution in [-0.2, 0) is 0 Å². The quantitative estimate of drug-likeness (QED) is 0.140. The van der Waals surface area contributed by atoms with Crippen molar-refractivity contribution in [3.8, 4) is 5.75 Å². The monoisotopic (exact) mass is 502 g/mol. The summed E-state index contributed by atoms with van der Waals surface area (Å²) in [6, 6.07) is 18.7. The van der Waals surface area contributed by atoms with Gasteiger partial charge in [0.25, 0.3) is 5.91 Å². The fourth-order valence-corrected chi connectivity index (χ4v) is 4.70. The maximum absolute atomic E-state index is 12.5. The van der Waals surface area contributed by atoms with E-state index in [1.54, 1.807) is 30.3 Å². The van der Waals surface area contributed by atoms with Crippen LogP contribution in [0.15, 0.2) is 71.8 Å². The number of nitrogens with one attached hydrogen (secondary N) is 1. The molecule has 1 aromatic heterocycles. The summed E-state index contributed by atoms with van der Waals surface area (Å²) in [5.41, 5.74) is 3.35. The summed E-state index contributed by atoms with van der Waals surface area (Å²) in [4.78, 5) is 25.0. The first kappa shape index (κ1) is 22.3. The largest absolute Gasteiger partial charge is 0.422 e. The maximum atomic E-state index is 12.5. The number of halogens is 3. The summed E-state index contributed by atoms with van der Waals surface area (Å²) >= 11 is 19.5. The van der Waals surface area contributed by atoms with Gasteiger partial charge in [0.2, 0.25) is 0 Å². The zero-order chi connectivity index (χ0) is 22.7. The molecule has 1 heterocycles. The number of ether oxygens (including phenoxy) is 1. The number of rotatable bonds is 5. The summed E-state index contributed by atoms with van der Waals surface area (Å²) in [5.74, 6) is -0.629. The van der Waals surface area contributed by atoms with Gasteiger partial charge in [0.15, 0.2) is 0 Å². The van der Waals surface area contributed by atoms with E-state index in [9.17, 15) is 9.59 Å². The van der Waals surface area contributed by atoms with Crippen molar-refractivity contribution in [2.75, 3.05) is 0 Å². The number of carbonyl (C=O) groups excluding carboxylic acids is 2. The van der Waals surface area contributed by atoms with Gasteiger partial charge in [-0.25, -0.2) is 10.2 Å². The topological polar surface area (TPSA) is 67.8 Å². The average Bonchev–Trinajstić information content (AvgIpc) is 3.12. The number of fused-ring (bicyclic) bond motifs is 1. The Kier molecular flexibility index (Phi) is 6.77. The van der Waals surface area contributed by atoms with E-state index in [0.717, 1.165) is 10.1 Å². The van der Waals surface area contributed by atoms with Crippen LogP contribution in [0.1, 0.15) is 25.6 Å². The highest BCUT2D eigenvalue weighted by Gasteiger charge is 2.19. The number of hydrogen-bond acceptors (Lipinski definition) is 5. The number of thiophene rings is 1. The van der Waals surface area contributed by atoms with Crippen LogP contribution in [0, 0.1) is 0 Å². The number of amides is 1. The molecule has 5 nitrogen and oxygen atoms in total. The second-order valence-electron chi connectivity index (χ2n) is 6.52. The molecule has 32 heavy (non-hydrogen) atoms. The average molecular weight is 504 g/mol. The predicted molar refractivity (Wildman–Crippen MR) is 130 cm³/mol. The lowest BCUT2D eigenvalue weighted by Gasteiger charge is -2.04. The summed E-state index contributed by atoms with van der Waals surface area (Å²) in [5, 5.41) is 5.79. The highest BCUT2D eigenvalue weighted by molar-refractivity contribution is 7.21. The lowest BCUT2D eigenvalue weighted by atomic mass is 10.2. The van der Waals surface area contributed by atoms with Crippen LogP contribution in [0.3, 0.4) is 0 Å². The van der Waals surface area contributed by atoms with E-state index in [2.05, 4.69) is 10.5 Å². The number of hydrogen-bond donors (Lipinski definition) is 1. The molecule has 4 aromatic rings. The van der Waals surface area contributed by atoms with Crippen LogP contribution in [0.4, 0.5) is 0 Å². The van der Waals surface area contributed by atoms with Gasteiger partial charge >= 0.3 is 5.97 Å². The van der Waals surface area contributed by atoms with Crippen LogP contribution >= 0.6 is 46.1 Å². The summed E-state index contributed by atoms with van der Waals surface area (Å²) in [6.45, 7) is 0. The molecule has 0 aliphatic rings. The molecular weight excluding hydrogens is 491 g/mol. The van der Waals surface area contributed by atoms with Gasteiger partial charge in [0.1, 0.15) is 10.6 Å². The van der Waals surface area contributed by atoms with Gasteiger partial charge in [-0.15, -0.1) is 11.3 Å². The molecule has 3 aromatic carbocycles. The molecule has 0 saturated heterocycles. The fraction of sp³-hybridized carbons (Fsp3) is 0. The van der Waals surface area contributed by atoms with Crippen molar-refractivity contribution >= 4 is 74.3 Å².